The van der Waals surface area contributed by atoms with Crippen molar-refractivity contribution in [3.05, 3.63) is 66.0 Å². The average Bonchev–Trinajstić information content (AvgIpc) is 3.25. The van der Waals surface area contributed by atoms with Crippen LogP contribution in [0.3, 0.4) is 0 Å². The fraction of sp³-hybridized carbons (Fsp3) is 0.500. The molecule has 2 unspecified atom stereocenters. The largest absolute Gasteiger partial charge is 0.385 e. The molecule has 1 N–H and O–H groups in total. The molecule has 28 heavy (non-hydrogen) atoms. The van der Waals surface area contributed by atoms with Crippen LogP contribution in [0.5, 0.6) is 0 Å². The SMILES string of the molecule is OC1(c2ccccc2)C[C@H]2CC(N3CCN(c4ccc(F)cc4)CC3)C[C@H]2C1. The van der Waals surface area contributed by atoms with Gasteiger partial charge in [0.1, 0.15) is 5.82 Å². The number of anilines is 1. The van der Waals surface area contributed by atoms with Crippen LogP contribution in [-0.4, -0.2) is 42.2 Å². The van der Waals surface area contributed by atoms with Crippen LogP contribution in [0.15, 0.2) is 54.6 Å². The van der Waals surface area contributed by atoms with Gasteiger partial charge in [0.05, 0.1) is 5.60 Å². The predicted molar refractivity (Wildman–Crippen MR) is 110 cm³/mol. The normalized spacial score (nSPS) is 33.2. The zero-order valence-corrected chi connectivity index (χ0v) is 16.3. The highest BCUT2D eigenvalue weighted by Gasteiger charge is 2.50. The molecule has 3 aliphatic rings. The van der Waals surface area contributed by atoms with Gasteiger partial charge < -0.3 is 10.0 Å². The van der Waals surface area contributed by atoms with Crippen LogP contribution in [0.25, 0.3) is 0 Å². The number of aliphatic hydroxyl groups is 1. The van der Waals surface area contributed by atoms with Crippen LogP contribution in [-0.2, 0) is 5.60 Å². The Bertz CT molecular complexity index is 787. The number of nitrogens with zero attached hydrogens (tertiary/aromatic N) is 2. The summed E-state index contributed by atoms with van der Waals surface area (Å²) in [6.07, 6.45) is 4.26. The molecule has 2 aromatic carbocycles. The minimum atomic E-state index is -0.622. The zero-order chi connectivity index (χ0) is 19.1. The molecule has 1 aliphatic heterocycles. The van der Waals surface area contributed by atoms with Crippen LogP contribution >= 0.6 is 0 Å². The fourth-order valence-electron chi connectivity index (χ4n) is 5.91. The summed E-state index contributed by atoms with van der Waals surface area (Å²) in [7, 11) is 0. The number of rotatable bonds is 3. The van der Waals surface area contributed by atoms with Crippen molar-refractivity contribution in [1.29, 1.82) is 0 Å². The van der Waals surface area contributed by atoms with Gasteiger partial charge >= 0.3 is 0 Å². The maximum Gasteiger partial charge on any atom is 0.123 e. The van der Waals surface area contributed by atoms with E-state index in [4.69, 9.17) is 0 Å². The Morgan fingerprint density at radius 3 is 2.04 bits per heavy atom. The summed E-state index contributed by atoms with van der Waals surface area (Å²) in [5.41, 5.74) is 1.59. The summed E-state index contributed by atoms with van der Waals surface area (Å²) in [5.74, 6) is 1.12. The predicted octanol–water partition coefficient (Wildman–Crippen LogP) is 4.02. The van der Waals surface area contributed by atoms with E-state index >= 15 is 0 Å². The van der Waals surface area contributed by atoms with Gasteiger partial charge in [-0.2, -0.15) is 0 Å². The summed E-state index contributed by atoms with van der Waals surface area (Å²) in [4.78, 5) is 5.01. The second-order valence-electron chi connectivity index (χ2n) is 8.95. The molecule has 2 saturated carbocycles. The van der Waals surface area contributed by atoms with Crippen molar-refractivity contribution in [3.63, 3.8) is 0 Å². The van der Waals surface area contributed by atoms with E-state index in [0.717, 1.165) is 50.3 Å². The Kier molecular flexibility index (Phi) is 4.64. The van der Waals surface area contributed by atoms with Crippen molar-refractivity contribution >= 4 is 5.69 Å². The van der Waals surface area contributed by atoms with E-state index in [0.29, 0.717) is 17.9 Å². The minimum absolute atomic E-state index is 0.171. The van der Waals surface area contributed by atoms with Gasteiger partial charge in [-0.1, -0.05) is 30.3 Å². The third-order valence-corrected chi connectivity index (χ3v) is 7.35. The number of fused-ring (bicyclic) bond motifs is 1. The molecular formula is C24H29FN2O. The lowest BCUT2D eigenvalue weighted by atomic mass is 9.89. The highest BCUT2D eigenvalue weighted by atomic mass is 19.1. The fourth-order valence-corrected chi connectivity index (χ4v) is 5.91. The van der Waals surface area contributed by atoms with Crippen molar-refractivity contribution in [2.75, 3.05) is 31.1 Å². The molecule has 1 saturated heterocycles. The minimum Gasteiger partial charge on any atom is -0.385 e. The first-order valence-electron chi connectivity index (χ1n) is 10.6. The first kappa shape index (κ1) is 18.1. The summed E-state index contributed by atoms with van der Waals surface area (Å²) in [5, 5.41) is 11.2. The van der Waals surface area contributed by atoms with Crippen LogP contribution in [0.1, 0.15) is 31.2 Å². The standard InChI is InChI=1S/C24H29FN2O/c25-21-6-8-22(9-7-21)26-10-12-27(13-11-26)23-14-18-16-24(28,17-19(18)15-23)20-4-2-1-3-5-20/h1-9,18-19,23,28H,10-17H2/t18-,19+,23?,24?. The van der Waals surface area contributed by atoms with Crippen molar-refractivity contribution in [2.45, 2.75) is 37.3 Å². The van der Waals surface area contributed by atoms with Gasteiger partial charge in [-0.3, -0.25) is 4.90 Å². The van der Waals surface area contributed by atoms with Crippen LogP contribution in [0.4, 0.5) is 10.1 Å². The summed E-state index contributed by atoms with van der Waals surface area (Å²) in [6, 6.07) is 17.8. The van der Waals surface area contributed by atoms with Crippen LogP contribution < -0.4 is 4.90 Å². The maximum absolute atomic E-state index is 13.2. The molecule has 148 valence electrons. The van der Waals surface area contributed by atoms with Gasteiger partial charge in [-0.05, 0) is 67.3 Å². The van der Waals surface area contributed by atoms with Gasteiger partial charge in [0, 0.05) is 37.9 Å². The molecule has 4 heteroatoms. The highest BCUT2D eigenvalue weighted by Crippen LogP contribution is 2.53. The van der Waals surface area contributed by atoms with E-state index in [1.807, 2.05) is 30.3 Å². The van der Waals surface area contributed by atoms with Crippen LogP contribution in [0, 0.1) is 17.7 Å². The third-order valence-electron chi connectivity index (χ3n) is 7.35. The molecule has 0 spiro atoms. The summed E-state index contributed by atoms with van der Waals surface area (Å²) in [6.45, 7) is 4.16. The molecule has 2 aliphatic carbocycles. The first-order chi connectivity index (χ1) is 13.6. The number of piperazine rings is 1. The number of benzene rings is 2. The van der Waals surface area contributed by atoms with Crippen LogP contribution in [0.2, 0.25) is 0 Å². The van der Waals surface area contributed by atoms with Gasteiger partial charge in [0.25, 0.3) is 0 Å². The Labute approximate surface area is 166 Å². The zero-order valence-electron chi connectivity index (χ0n) is 16.3. The quantitative estimate of drug-likeness (QED) is 0.871. The Balaban J connectivity index is 1.17. The second kappa shape index (κ2) is 7.16. The van der Waals surface area contributed by atoms with Gasteiger partial charge in [0.15, 0.2) is 0 Å². The van der Waals surface area contributed by atoms with E-state index in [-0.39, 0.29) is 5.82 Å². The average molecular weight is 381 g/mol. The van der Waals surface area contributed by atoms with Crippen molar-refractivity contribution in [1.82, 2.24) is 4.90 Å². The van der Waals surface area contributed by atoms with E-state index < -0.39 is 5.60 Å². The van der Waals surface area contributed by atoms with Gasteiger partial charge in [-0.25, -0.2) is 4.39 Å². The van der Waals surface area contributed by atoms with E-state index in [1.54, 1.807) is 12.1 Å². The topological polar surface area (TPSA) is 26.7 Å². The summed E-state index contributed by atoms with van der Waals surface area (Å²) >= 11 is 0. The molecule has 4 atom stereocenters. The maximum atomic E-state index is 13.2. The lowest BCUT2D eigenvalue weighted by molar-refractivity contribution is 0.0309. The molecule has 3 nitrogen and oxygen atoms in total. The van der Waals surface area contributed by atoms with Crippen molar-refractivity contribution in [3.8, 4) is 0 Å². The number of hydrogen-bond donors (Lipinski definition) is 1. The van der Waals surface area contributed by atoms with E-state index in [2.05, 4.69) is 21.9 Å². The monoisotopic (exact) mass is 380 g/mol. The molecule has 5 rings (SSSR count). The first-order valence-corrected chi connectivity index (χ1v) is 10.6. The molecule has 2 aromatic rings. The molecule has 3 fully saturated rings. The van der Waals surface area contributed by atoms with E-state index in [1.165, 1.54) is 12.8 Å². The molecular weight excluding hydrogens is 351 g/mol. The molecule has 0 aromatic heterocycles. The van der Waals surface area contributed by atoms with Gasteiger partial charge in [0.2, 0.25) is 0 Å². The Morgan fingerprint density at radius 2 is 1.43 bits per heavy atom. The Hall–Kier alpha value is -1.91. The number of hydrogen-bond acceptors (Lipinski definition) is 3. The lowest BCUT2D eigenvalue weighted by Gasteiger charge is -2.39. The van der Waals surface area contributed by atoms with Crippen molar-refractivity contribution < 1.29 is 9.50 Å². The highest BCUT2D eigenvalue weighted by molar-refractivity contribution is 5.46. The summed E-state index contributed by atoms with van der Waals surface area (Å²) < 4.78 is 13.2. The third kappa shape index (κ3) is 3.33. The molecule has 0 bridgehead atoms. The second-order valence-corrected chi connectivity index (χ2v) is 8.95. The molecule has 0 radical (unpaired) electrons. The smallest absolute Gasteiger partial charge is 0.123 e. The molecule has 1 heterocycles. The lowest BCUT2D eigenvalue weighted by Crippen LogP contribution is -2.50. The van der Waals surface area contributed by atoms with Gasteiger partial charge in [-0.15, -0.1) is 0 Å². The Morgan fingerprint density at radius 1 is 0.821 bits per heavy atom. The number of halogens is 1. The van der Waals surface area contributed by atoms with Crippen molar-refractivity contribution in [2.24, 2.45) is 11.8 Å². The molecule has 0 amide bonds. The van der Waals surface area contributed by atoms with E-state index in [9.17, 15) is 9.50 Å².